The largest absolute Gasteiger partial charge is 0.497 e. The van der Waals surface area contributed by atoms with Crippen LogP contribution in [-0.4, -0.2) is 22.9 Å². The molecule has 4 rings (SSSR count). The van der Waals surface area contributed by atoms with Gasteiger partial charge in [0.1, 0.15) is 5.75 Å². The van der Waals surface area contributed by atoms with E-state index < -0.39 is 5.97 Å². The Hall–Kier alpha value is -3.51. The highest BCUT2D eigenvalue weighted by atomic mass is 32.2. The zero-order valence-electron chi connectivity index (χ0n) is 17.5. The molecule has 5 nitrogen and oxygen atoms in total. The zero-order chi connectivity index (χ0) is 21.8. The van der Waals surface area contributed by atoms with Crippen LogP contribution in [0.4, 0.5) is 0 Å². The topological polar surface area (TPSA) is 53.4 Å². The number of benzene rings is 3. The normalized spacial score (nSPS) is 10.7. The van der Waals surface area contributed by atoms with Crippen molar-refractivity contribution >= 4 is 17.7 Å². The minimum absolute atomic E-state index is 0.398. The molecule has 0 saturated carbocycles. The van der Waals surface area contributed by atoms with Gasteiger partial charge in [-0.25, -0.2) is 4.79 Å². The SMILES string of the molecule is COc1ccc(C(=O)Oc2c(Sc3ccc(C)cc3)c(C)nn2-c2ccccc2)cc1. The van der Waals surface area contributed by atoms with E-state index in [2.05, 4.69) is 24.2 Å². The summed E-state index contributed by atoms with van der Waals surface area (Å²) in [5, 5.41) is 4.67. The van der Waals surface area contributed by atoms with E-state index in [0.717, 1.165) is 21.2 Å². The van der Waals surface area contributed by atoms with Crippen LogP contribution >= 0.6 is 11.8 Å². The lowest BCUT2D eigenvalue weighted by molar-refractivity contribution is 0.0718. The molecule has 1 heterocycles. The van der Waals surface area contributed by atoms with Crippen LogP contribution in [0, 0.1) is 13.8 Å². The molecule has 3 aromatic carbocycles. The Balaban J connectivity index is 1.73. The lowest BCUT2D eigenvalue weighted by atomic mass is 10.2. The van der Waals surface area contributed by atoms with Gasteiger partial charge in [0, 0.05) is 4.90 Å². The Kier molecular flexibility index (Phi) is 6.09. The van der Waals surface area contributed by atoms with Crippen molar-refractivity contribution in [3.63, 3.8) is 0 Å². The second-order valence-corrected chi connectivity index (χ2v) is 8.08. The predicted molar refractivity (Wildman–Crippen MR) is 122 cm³/mol. The molecule has 0 fully saturated rings. The molecule has 0 N–H and O–H groups in total. The van der Waals surface area contributed by atoms with Crippen molar-refractivity contribution in [2.24, 2.45) is 0 Å². The van der Waals surface area contributed by atoms with Crippen LogP contribution in [0.5, 0.6) is 11.6 Å². The Morgan fingerprint density at radius 3 is 2.23 bits per heavy atom. The summed E-state index contributed by atoms with van der Waals surface area (Å²) < 4.78 is 12.8. The number of nitrogens with zero attached hydrogens (tertiary/aromatic N) is 2. The summed E-state index contributed by atoms with van der Waals surface area (Å²) in [6, 6.07) is 24.7. The summed E-state index contributed by atoms with van der Waals surface area (Å²) in [7, 11) is 1.59. The van der Waals surface area contributed by atoms with Gasteiger partial charge in [0.25, 0.3) is 0 Å². The fraction of sp³-hybridized carbons (Fsp3) is 0.120. The third-order valence-electron chi connectivity index (χ3n) is 4.72. The molecule has 0 spiro atoms. The van der Waals surface area contributed by atoms with E-state index in [0.29, 0.717) is 17.2 Å². The summed E-state index contributed by atoms with van der Waals surface area (Å²) in [6.07, 6.45) is 0. The van der Waals surface area contributed by atoms with Crippen molar-refractivity contribution in [3.8, 4) is 17.3 Å². The molecule has 4 aromatic rings. The van der Waals surface area contributed by atoms with Crippen molar-refractivity contribution < 1.29 is 14.3 Å². The minimum atomic E-state index is -0.453. The van der Waals surface area contributed by atoms with Gasteiger partial charge in [0.2, 0.25) is 5.88 Å². The molecule has 156 valence electrons. The summed E-state index contributed by atoms with van der Waals surface area (Å²) in [5.74, 6) is 0.623. The van der Waals surface area contributed by atoms with Crippen LogP contribution in [-0.2, 0) is 0 Å². The van der Waals surface area contributed by atoms with Gasteiger partial charge in [-0.2, -0.15) is 9.78 Å². The van der Waals surface area contributed by atoms with Crippen molar-refractivity contribution in [3.05, 3.63) is 95.7 Å². The fourth-order valence-corrected chi connectivity index (χ4v) is 3.95. The van der Waals surface area contributed by atoms with Crippen LogP contribution < -0.4 is 9.47 Å². The van der Waals surface area contributed by atoms with Crippen molar-refractivity contribution in [1.29, 1.82) is 0 Å². The zero-order valence-corrected chi connectivity index (χ0v) is 18.3. The van der Waals surface area contributed by atoms with E-state index >= 15 is 0 Å². The number of rotatable bonds is 6. The minimum Gasteiger partial charge on any atom is -0.497 e. The van der Waals surface area contributed by atoms with E-state index in [1.807, 2.05) is 49.4 Å². The third kappa shape index (κ3) is 4.64. The van der Waals surface area contributed by atoms with E-state index in [9.17, 15) is 4.79 Å². The number of para-hydroxylation sites is 1. The molecule has 0 radical (unpaired) electrons. The second-order valence-electron chi connectivity index (χ2n) is 7.00. The number of esters is 1. The molecule has 0 aliphatic carbocycles. The van der Waals surface area contributed by atoms with Gasteiger partial charge in [-0.3, -0.25) is 0 Å². The number of aromatic nitrogens is 2. The van der Waals surface area contributed by atoms with Gasteiger partial charge in [-0.05, 0) is 62.4 Å². The first-order valence-electron chi connectivity index (χ1n) is 9.81. The summed E-state index contributed by atoms with van der Waals surface area (Å²) in [4.78, 5) is 14.8. The van der Waals surface area contributed by atoms with Crippen molar-refractivity contribution in [1.82, 2.24) is 9.78 Å². The average molecular weight is 431 g/mol. The van der Waals surface area contributed by atoms with E-state index in [1.165, 1.54) is 17.3 Å². The maximum absolute atomic E-state index is 12.9. The van der Waals surface area contributed by atoms with Crippen LogP contribution in [0.3, 0.4) is 0 Å². The summed E-state index contributed by atoms with van der Waals surface area (Å²) in [6.45, 7) is 3.97. The molecule has 0 unspecified atom stereocenters. The first kappa shape index (κ1) is 20.8. The molecule has 0 bridgehead atoms. The standard InChI is InChI=1S/C25H22N2O3S/c1-17-9-15-22(16-10-17)31-23-18(2)26-27(20-7-5-4-6-8-20)24(23)30-25(28)19-11-13-21(29-3)14-12-19/h4-16H,1-3H3. The molecule has 6 heteroatoms. The van der Waals surface area contributed by atoms with E-state index in [1.54, 1.807) is 36.1 Å². The Labute approximate surface area is 185 Å². The van der Waals surface area contributed by atoms with Crippen molar-refractivity contribution in [2.45, 2.75) is 23.6 Å². The van der Waals surface area contributed by atoms with Crippen LogP contribution in [0.15, 0.2) is 88.7 Å². The van der Waals surface area contributed by atoms with Gasteiger partial charge in [-0.1, -0.05) is 47.7 Å². The van der Waals surface area contributed by atoms with Crippen molar-refractivity contribution in [2.75, 3.05) is 7.11 Å². The average Bonchev–Trinajstić information content (AvgIpc) is 3.11. The Morgan fingerprint density at radius 2 is 1.58 bits per heavy atom. The number of carbonyl (C=O) groups is 1. The lowest BCUT2D eigenvalue weighted by Gasteiger charge is -2.11. The number of hydrogen-bond donors (Lipinski definition) is 0. The van der Waals surface area contributed by atoms with Gasteiger partial charge in [-0.15, -0.1) is 0 Å². The number of hydrogen-bond acceptors (Lipinski definition) is 5. The Bertz CT molecular complexity index is 1180. The third-order valence-corrected chi connectivity index (χ3v) is 5.90. The number of carbonyl (C=O) groups excluding carboxylic acids is 1. The molecule has 0 aliphatic heterocycles. The van der Waals surface area contributed by atoms with Crippen LogP contribution in [0.25, 0.3) is 5.69 Å². The molecular weight excluding hydrogens is 408 g/mol. The number of methoxy groups -OCH3 is 1. The van der Waals surface area contributed by atoms with Crippen LogP contribution in [0.2, 0.25) is 0 Å². The van der Waals surface area contributed by atoms with Gasteiger partial charge in [0.15, 0.2) is 0 Å². The molecule has 0 saturated heterocycles. The Morgan fingerprint density at radius 1 is 0.903 bits per heavy atom. The first-order valence-corrected chi connectivity index (χ1v) is 10.6. The molecule has 0 amide bonds. The highest BCUT2D eigenvalue weighted by Gasteiger charge is 2.22. The maximum atomic E-state index is 12.9. The highest BCUT2D eigenvalue weighted by molar-refractivity contribution is 7.99. The number of aryl methyl sites for hydroxylation is 2. The molecule has 0 atom stereocenters. The molecular formula is C25H22N2O3S. The van der Waals surface area contributed by atoms with Crippen LogP contribution in [0.1, 0.15) is 21.6 Å². The monoisotopic (exact) mass is 430 g/mol. The quantitative estimate of drug-likeness (QED) is 0.358. The lowest BCUT2D eigenvalue weighted by Crippen LogP contribution is -2.12. The molecule has 1 aromatic heterocycles. The first-order chi connectivity index (χ1) is 15.0. The summed E-state index contributed by atoms with van der Waals surface area (Å²) in [5.41, 5.74) is 3.23. The number of ether oxygens (including phenoxy) is 2. The maximum Gasteiger partial charge on any atom is 0.344 e. The highest BCUT2D eigenvalue weighted by Crippen LogP contribution is 2.39. The molecule has 0 aliphatic rings. The smallest absolute Gasteiger partial charge is 0.344 e. The summed E-state index contributed by atoms with van der Waals surface area (Å²) >= 11 is 1.53. The van der Waals surface area contributed by atoms with Gasteiger partial charge >= 0.3 is 5.97 Å². The van der Waals surface area contributed by atoms with E-state index in [-0.39, 0.29) is 0 Å². The second kappa shape index (κ2) is 9.10. The molecule has 31 heavy (non-hydrogen) atoms. The van der Waals surface area contributed by atoms with E-state index in [4.69, 9.17) is 9.47 Å². The van der Waals surface area contributed by atoms with Gasteiger partial charge in [0.05, 0.1) is 29.0 Å². The fourth-order valence-electron chi connectivity index (χ4n) is 3.04. The van der Waals surface area contributed by atoms with Gasteiger partial charge < -0.3 is 9.47 Å². The predicted octanol–water partition coefficient (Wildman–Crippen LogP) is 5.87.